The van der Waals surface area contributed by atoms with Gasteiger partial charge in [-0.1, -0.05) is 23.7 Å². The number of piperidine rings is 1. The number of nitrogens with zero attached hydrogens (tertiary/aromatic N) is 4. The number of carboxylic acid groups (broad SMARTS) is 1. The van der Waals surface area contributed by atoms with E-state index in [-0.39, 0.29) is 30.5 Å². The molecule has 0 spiro atoms. The molecule has 1 saturated heterocycles. The van der Waals surface area contributed by atoms with Gasteiger partial charge in [-0.25, -0.2) is 9.97 Å². The number of aliphatic carboxylic acids is 1. The predicted octanol–water partition coefficient (Wildman–Crippen LogP) is 3.15. The third-order valence-corrected chi connectivity index (χ3v) is 6.65. The number of carboxylic acids is 1. The Bertz CT molecular complexity index is 1210. The minimum absolute atomic E-state index is 0.0720. The number of halogens is 1. The van der Waals surface area contributed by atoms with Crippen molar-refractivity contribution in [2.75, 3.05) is 18.0 Å². The molecule has 2 atom stereocenters. The van der Waals surface area contributed by atoms with Gasteiger partial charge in [-0.2, -0.15) is 0 Å². The number of aliphatic hydroxyl groups excluding tert-OH is 1. The van der Waals surface area contributed by atoms with Crippen molar-refractivity contribution >= 4 is 34.8 Å². The lowest BCUT2D eigenvalue weighted by Gasteiger charge is -2.35. The fourth-order valence-corrected chi connectivity index (χ4v) is 4.81. The molecule has 2 unspecified atom stereocenters. The number of β-amino-alcohol motifs (C(OH)–C–C–N with tert-alkyl or cyclic N) is 1. The summed E-state index contributed by atoms with van der Waals surface area (Å²) in [7, 11) is 0. The summed E-state index contributed by atoms with van der Waals surface area (Å²) in [5, 5.41) is 20.0. The van der Waals surface area contributed by atoms with Crippen LogP contribution >= 0.6 is 11.6 Å². The zero-order valence-corrected chi connectivity index (χ0v) is 18.1. The number of imidazole rings is 1. The van der Waals surface area contributed by atoms with Crippen molar-refractivity contribution in [3.63, 3.8) is 0 Å². The zero-order chi connectivity index (χ0) is 22.4. The van der Waals surface area contributed by atoms with E-state index in [1.54, 1.807) is 28.9 Å². The van der Waals surface area contributed by atoms with Crippen LogP contribution in [0.4, 0.5) is 5.82 Å². The van der Waals surface area contributed by atoms with Crippen molar-refractivity contribution < 1.29 is 19.8 Å². The topological polar surface area (TPSA) is 108 Å². The highest BCUT2D eigenvalue weighted by Gasteiger charge is 2.34. The van der Waals surface area contributed by atoms with E-state index < -0.39 is 12.1 Å². The highest BCUT2D eigenvalue weighted by molar-refractivity contribution is 6.35. The first-order valence-corrected chi connectivity index (χ1v) is 11.1. The van der Waals surface area contributed by atoms with Crippen molar-refractivity contribution in [2.24, 2.45) is 5.92 Å². The smallest absolute Gasteiger partial charge is 0.303 e. The van der Waals surface area contributed by atoms with Crippen molar-refractivity contribution in [3.05, 3.63) is 58.6 Å². The normalized spacial score (nSPS) is 21.1. The van der Waals surface area contributed by atoms with Crippen LogP contribution in [0.2, 0.25) is 5.02 Å². The van der Waals surface area contributed by atoms with E-state index in [2.05, 4.69) is 9.97 Å². The minimum Gasteiger partial charge on any atom is -0.481 e. The predicted molar refractivity (Wildman–Crippen MR) is 118 cm³/mol. The molecular formula is C23H23ClN4O4. The molecule has 2 N–H and O–H groups in total. The van der Waals surface area contributed by atoms with Gasteiger partial charge >= 0.3 is 5.97 Å². The van der Waals surface area contributed by atoms with Gasteiger partial charge in [0.2, 0.25) is 5.78 Å². The Morgan fingerprint density at radius 3 is 2.72 bits per heavy atom. The van der Waals surface area contributed by atoms with Gasteiger partial charge in [0.1, 0.15) is 0 Å². The second kappa shape index (κ2) is 8.18. The van der Waals surface area contributed by atoms with E-state index in [1.165, 1.54) is 0 Å². The molecule has 3 heterocycles. The number of aliphatic hydroxyl groups is 1. The number of benzene rings is 1. The first-order chi connectivity index (χ1) is 15.4. The number of hydrogen-bond acceptors (Lipinski definition) is 6. The van der Waals surface area contributed by atoms with Crippen LogP contribution in [0.3, 0.4) is 0 Å². The summed E-state index contributed by atoms with van der Waals surface area (Å²) in [6.45, 7) is 0.750. The van der Waals surface area contributed by atoms with E-state index in [4.69, 9.17) is 16.7 Å². The van der Waals surface area contributed by atoms with Crippen LogP contribution in [0.5, 0.6) is 0 Å². The first kappa shape index (κ1) is 20.9. The summed E-state index contributed by atoms with van der Waals surface area (Å²) < 4.78 is 1.66. The maximum atomic E-state index is 13.6. The van der Waals surface area contributed by atoms with Crippen molar-refractivity contribution in [1.29, 1.82) is 0 Å². The Balaban J connectivity index is 1.52. The Kier molecular flexibility index (Phi) is 5.35. The minimum atomic E-state index is -0.921. The lowest BCUT2D eigenvalue weighted by molar-refractivity contribution is -0.139. The third-order valence-electron chi connectivity index (χ3n) is 6.34. The highest BCUT2D eigenvalue weighted by atomic mass is 35.5. The van der Waals surface area contributed by atoms with Crippen LogP contribution in [0, 0.1) is 5.92 Å². The number of fused-ring (bicyclic) bond motifs is 1. The second-order valence-corrected chi connectivity index (χ2v) is 8.95. The molecule has 2 aromatic heterocycles. The molecule has 1 aromatic carbocycles. The maximum Gasteiger partial charge on any atom is 0.303 e. The molecule has 166 valence electrons. The fourth-order valence-electron chi connectivity index (χ4n) is 4.55. The number of hydrogen-bond donors (Lipinski definition) is 2. The van der Waals surface area contributed by atoms with Crippen LogP contribution in [-0.4, -0.2) is 55.5 Å². The summed E-state index contributed by atoms with van der Waals surface area (Å²) in [5.41, 5.74) is 1.95. The summed E-state index contributed by atoms with van der Waals surface area (Å²) >= 11 is 6.46. The van der Waals surface area contributed by atoms with Crippen molar-refractivity contribution in [3.8, 4) is 0 Å². The summed E-state index contributed by atoms with van der Waals surface area (Å²) in [6.07, 6.45) is 5.10. The molecule has 0 bridgehead atoms. The molecule has 1 aliphatic carbocycles. The molecule has 9 heteroatoms. The molecule has 3 aromatic rings. The Morgan fingerprint density at radius 2 is 2.00 bits per heavy atom. The van der Waals surface area contributed by atoms with E-state index in [1.807, 2.05) is 17.0 Å². The Hall–Kier alpha value is -2.97. The lowest BCUT2D eigenvalue weighted by Crippen LogP contribution is -2.44. The number of ketones is 1. The Morgan fingerprint density at radius 1 is 1.19 bits per heavy atom. The van der Waals surface area contributed by atoms with Gasteiger partial charge in [0, 0.05) is 31.0 Å². The van der Waals surface area contributed by atoms with Crippen molar-refractivity contribution in [2.45, 2.75) is 37.7 Å². The van der Waals surface area contributed by atoms with Gasteiger partial charge in [-0.15, -0.1) is 0 Å². The van der Waals surface area contributed by atoms with Gasteiger partial charge in [-0.3, -0.25) is 14.0 Å². The number of aromatic nitrogens is 3. The molecule has 0 radical (unpaired) electrons. The van der Waals surface area contributed by atoms with Crippen LogP contribution in [0.1, 0.15) is 53.3 Å². The molecule has 5 rings (SSSR count). The molecule has 1 saturated carbocycles. The number of rotatable bonds is 6. The second-order valence-electron chi connectivity index (χ2n) is 8.54. The SMILES string of the molecule is O=C(O)CC1CCN(c2nc(C(=O)c3c(Cl)cccc3C3CC3)n3cccnc23)CC1O. The third kappa shape index (κ3) is 3.73. The van der Waals surface area contributed by atoms with E-state index in [0.29, 0.717) is 40.9 Å². The van der Waals surface area contributed by atoms with Gasteiger partial charge in [0.25, 0.3) is 0 Å². The van der Waals surface area contributed by atoms with Gasteiger partial charge in [-0.05, 0) is 48.8 Å². The summed E-state index contributed by atoms with van der Waals surface area (Å²) in [5.74, 6) is -0.415. The molecule has 2 aliphatic rings. The fraction of sp³-hybridized carbons (Fsp3) is 0.391. The molecule has 32 heavy (non-hydrogen) atoms. The van der Waals surface area contributed by atoms with Gasteiger partial charge in [0.05, 0.1) is 17.5 Å². The number of anilines is 1. The van der Waals surface area contributed by atoms with Crippen LogP contribution in [0.15, 0.2) is 36.7 Å². The molecule has 8 nitrogen and oxygen atoms in total. The molecule has 2 fully saturated rings. The van der Waals surface area contributed by atoms with E-state index in [0.717, 1.165) is 18.4 Å². The maximum absolute atomic E-state index is 13.6. The van der Waals surface area contributed by atoms with Crippen molar-refractivity contribution in [1.82, 2.24) is 14.4 Å². The van der Waals surface area contributed by atoms with E-state index >= 15 is 0 Å². The van der Waals surface area contributed by atoms with Gasteiger partial charge in [0.15, 0.2) is 17.3 Å². The summed E-state index contributed by atoms with van der Waals surface area (Å²) in [4.78, 5) is 35.7. The highest BCUT2D eigenvalue weighted by Crippen LogP contribution is 2.43. The lowest BCUT2D eigenvalue weighted by atomic mass is 9.91. The van der Waals surface area contributed by atoms with E-state index in [9.17, 15) is 14.7 Å². The molecule has 1 aliphatic heterocycles. The molecular weight excluding hydrogens is 432 g/mol. The average Bonchev–Trinajstić information content (AvgIpc) is 3.54. The van der Waals surface area contributed by atoms with Gasteiger partial charge < -0.3 is 15.1 Å². The van der Waals surface area contributed by atoms with Crippen LogP contribution < -0.4 is 4.90 Å². The monoisotopic (exact) mass is 454 g/mol. The number of carbonyl (C=O) groups excluding carboxylic acids is 1. The summed E-state index contributed by atoms with van der Waals surface area (Å²) in [6, 6.07) is 7.28. The number of carbonyl (C=O) groups is 2. The molecule has 0 amide bonds. The standard InChI is InChI=1S/C23H23ClN4O4/c24-16-4-1-3-15(13-5-6-13)19(16)20(32)21-26-23(22-25-8-2-9-28(21)22)27-10-7-14(11-18(30)31)17(29)12-27/h1-4,8-9,13-14,17,29H,5-7,10-12H2,(H,30,31). The Labute approximate surface area is 189 Å². The first-order valence-electron chi connectivity index (χ1n) is 10.7. The average molecular weight is 455 g/mol. The largest absolute Gasteiger partial charge is 0.481 e. The zero-order valence-electron chi connectivity index (χ0n) is 17.3. The quantitative estimate of drug-likeness (QED) is 0.551. The van der Waals surface area contributed by atoms with Crippen LogP contribution in [-0.2, 0) is 4.79 Å². The van der Waals surface area contributed by atoms with Crippen LogP contribution in [0.25, 0.3) is 5.65 Å².